The zero-order valence-electron chi connectivity index (χ0n) is 20.8. The first-order chi connectivity index (χ1) is 16.9. The summed E-state index contributed by atoms with van der Waals surface area (Å²) >= 11 is 0. The minimum absolute atomic E-state index is 0.118. The quantitative estimate of drug-likeness (QED) is 0.348. The van der Waals surface area contributed by atoms with E-state index in [4.69, 9.17) is 0 Å². The lowest BCUT2D eigenvalue weighted by atomic mass is 10.0. The van der Waals surface area contributed by atoms with E-state index in [9.17, 15) is 13.2 Å². The molecule has 0 bridgehead atoms. The zero-order chi connectivity index (χ0) is 25.3. The van der Waals surface area contributed by atoms with E-state index in [1.807, 2.05) is 19.1 Å². The SMILES string of the molecule is CCCCNS(=O)(=O)c1ccc2nc(-c3cccnc3)cc(C(=O)NCCCN(CC)CC)c2c1. The zero-order valence-corrected chi connectivity index (χ0v) is 21.6. The number of hydrogen-bond donors (Lipinski definition) is 2. The van der Waals surface area contributed by atoms with Gasteiger partial charge in [0.15, 0.2) is 0 Å². The number of aromatic nitrogens is 2. The highest BCUT2D eigenvalue weighted by Gasteiger charge is 2.19. The largest absolute Gasteiger partial charge is 0.352 e. The van der Waals surface area contributed by atoms with E-state index in [0.717, 1.165) is 44.5 Å². The average Bonchev–Trinajstić information content (AvgIpc) is 2.88. The molecule has 3 aromatic rings. The van der Waals surface area contributed by atoms with Crippen LogP contribution in [0.1, 0.15) is 50.4 Å². The molecular formula is C26H35N5O3S. The van der Waals surface area contributed by atoms with Gasteiger partial charge in [0, 0.05) is 36.4 Å². The fourth-order valence-electron chi connectivity index (χ4n) is 3.83. The van der Waals surface area contributed by atoms with E-state index in [0.29, 0.717) is 35.2 Å². The van der Waals surface area contributed by atoms with Crippen LogP contribution in [0.4, 0.5) is 0 Å². The third kappa shape index (κ3) is 7.06. The van der Waals surface area contributed by atoms with Gasteiger partial charge in [-0.25, -0.2) is 18.1 Å². The Balaban J connectivity index is 1.95. The molecule has 2 N–H and O–H groups in total. The lowest BCUT2D eigenvalue weighted by Gasteiger charge is -2.18. The van der Waals surface area contributed by atoms with Crippen molar-refractivity contribution in [2.24, 2.45) is 0 Å². The Bertz CT molecular complexity index is 1230. The molecule has 0 saturated carbocycles. The Labute approximate surface area is 208 Å². The number of unbranched alkanes of at least 4 members (excludes halogenated alkanes) is 1. The van der Waals surface area contributed by atoms with Gasteiger partial charge in [0.05, 0.1) is 21.7 Å². The third-order valence-corrected chi connectivity index (χ3v) is 7.40. The van der Waals surface area contributed by atoms with Gasteiger partial charge in [-0.15, -0.1) is 0 Å². The van der Waals surface area contributed by atoms with Gasteiger partial charge in [0.1, 0.15) is 0 Å². The number of benzene rings is 1. The molecule has 0 aliphatic rings. The van der Waals surface area contributed by atoms with E-state index in [1.165, 1.54) is 12.1 Å². The average molecular weight is 498 g/mol. The van der Waals surface area contributed by atoms with E-state index >= 15 is 0 Å². The van der Waals surface area contributed by atoms with E-state index < -0.39 is 10.0 Å². The van der Waals surface area contributed by atoms with E-state index in [-0.39, 0.29) is 10.8 Å². The second kappa shape index (κ2) is 12.7. The van der Waals surface area contributed by atoms with Crippen molar-refractivity contribution in [2.75, 3.05) is 32.7 Å². The summed E-state index contributed by atoms with van der Waals surface area (Å²) in [6.45, 7) is 9.98. The Morgan fingerprint density at radius 2 is 1.83 bits per heavy atom. The second-order valence-electron chi connectivity index (χ2n) is 8.36. The predicted molar refractivity (Wildman–Crippen MR) is 140 cm³/mol. The Morgan fingerprint density at radius 1 is 1.03 bits per heavy atom. The maximum Gasteiger partial charge on any atom is 0.252 e. The van der Waals surface area contributed by atoms with E-state index in [2.05, 4.69) is 38.8 Å². The first kappa shape index (κ1) is 26.7. The summed E-state index contributed by atoms with van der Waals surface area (Å²) in [5, 5.41) is 3.50. The molecule has 0 fully saturated rings. The van der Waals surface area contributed by atoms with E-state index in [1.54, 1.807) is 24.5 Å². The van der Waals surface area contributed by atoms with Crippen molar-refractivity contribution in [1.29, 1.82) is 0 Å². The highest BCUT2D eigenvalue weighted by Crippen LogP contribution is 2.27. The van der Waals surface area contributed by atoms with Gasteiger partial charge in [-0.3, -0.25) is 9.78 Å². The van der Waals surface area contributed by atoms with Crippen LogP contribution in [0, 0.1) is 0 Å². The monoisotopic (exact) mass is 497 g/mol. The number of amides is 1. The van der Waals surface area contributed by atoms with Gasteiger partial charge in [-0.2, -0.15) is 0 Å². The van der Waals surface area contributed by atoms with Crippen LogP contribution < -0.4 is 10.0 Å². The maximum absolute atomic E-state index is 13.3. The number of carbonyl (C=O) groups is 1. The molecule has 0 aliphatic heterocycles. The van der Waals surface area contributed by atoms with Crippen molar-refractivity contribution in [3.05, 3.63) is 54.4 Å². The van der Waals surface area contributed by atoms with Crippen molar-refractivity contribution in [2.45, 2.75) is 44.9 Å². The fourth-order valence-corrected chi connectivity index (χ4v) is 4.93. The molecule has 2 aromatic heterocycles. The van der Waals surface area contributed by atoms with Crippen molar-refractivity contribution >= 4 is 26.8 Å². The molecule has 35 heavy (non-hydrogen) atoms. The molecule has 0 atom stereocenters. The number of hydrogen-bond acceptors (Lipinski definition) is 6. The number of nitrogens with one attached hydrogen (secondary N) is 2. The molecule has 0 radical (unpaired) electrons. The minimum atomic E-state index is -3.69. The van der Waals surface area contributed by atoms with Crippen molar-refractivity contribution in [3.63, 3.8) is 0 Å². The van der Waals surface area contributed by atoms with Gasteiger partial charge < -0.3 is 10.2 Å². The lowest BCUT2D eigenvalue weighted by molar-refractivity contribution is 0.0953. The Kier molecular flexibility index (Phi) is 9.71. The molecule has 9 heteroatoms. The fraction of sp³-hybridized carbons (Fsp3) is 0.423. The molecule has 1 aromatic carbocycles. The highest BCUT2D eigenvalue weighted by atomic mass is 32.2. The number of nitrogens with zero attached hydrogens (tertiary/aromatic N) is 3. The third-order valence-electron chi connectivity index (χ3n) is 5.95. The van der Waals surface area contributed by atoms with Crippen molar-refractivity contribution in [3.8, 4) is 11.3 Å². The number of rotatable bonds is 13. The van der Waals surface area contributed by atoms with Crippen LogP contribution >= 0.6 is 0 Å². The molecule has 0 unspecified atom stereocenters. The number of sulfonamides is 1. The summed E-state index contributed by atoms with van der Waals surface area (Å²) in [5.41, 5.74) is 2.33. The van der Waals surface area contributed by atoms with Gasteiger partial charge in [0.25, 0.3) is 5.91 Å². The lowest BCUT2D eigenvalue weighted by Crippen LogP contribution is -2.30. The smallest absolute Gasteiger partial charge is 0.252 e. The molecule has 0 aliphatic carbocycles. The number of fused-ring (bicyclic) bond motifs is 1. The van der Waals surface area contributed by atoms with Gasteiger partial charge >= 0.3 is 0 Å². The standard InChI is InChI=1S/C26H35N5O3S/c1-4-7-15-29-35(33,34)21-11-12-24-22(17-21)23(18-25(30-24)20-10-8-13-27-19-20)26(32)28-14-9-16-31(5-2)6-3/h8,10-13,17-19,29H,4-7,9,14-16H2,1-3H3,(H,28,32). The second-order valence-corrected chi connectivity index (χ2v) is 10.1. The molecule has 8 nitrogen and oxygen atoms in total. The van der Waals surface area contributed by atoms with Crippen LogP contribution in [0.3, 0.4) is 0 Å². The summed E-state index contributed by atoms with van der Waals surface area (Å²) in [4.78, 5) is 24.5. The summed E-state index contributed by atoms with van der Waals surface area (Å²) < 4.78 is 28.2. The summed E-state index contributed by atoms with van der Waals surface area (Å²) in [5.74, 6) is -0.254. The van der Waals surface area contributed by atoms with Crippen LogP contribution in [0.25, 0.3) is 22.2 Å². The Hall–Kier alpha value is -2.88. The minimum Gasteiger partial charge on any atom is -0.352 e. The number of carbonyl (C=O) groups excluding carboxylic acids is 1. The topological polar surface area (TPSA) is 104 Å². The van der Waals surface area contributed by atoms with Crippen LogP contribution in [0.5, 0.6) is 0 Å². The van der Waals surface area contributed by atoms with Crippen LogP contribution in [-0.4, -0.2) is 61.9 Å². The molecular weight excluding hydrogens is 462 g/mol. The molecule has 1 amide bonds. The molecule has 0 spiro atoms. The summed E-state index contributed by atoms with van der Waals surface area (Å²) in [6.07, 6.45) is 5.84. The summed E-state index contributed by atoms with van der Waals surface area (Å²) in [6, 6.07) is 10.1. The molecule has 0 saturated heterocycles. The Morgan fingerprint density at radius 3 is 2.51 bits per heavy atom. The van der Waals surface area contributed by atoms with Crippen LogP contribution in [-0.2, 0) is 10.0 Å². The van der Waals surface area contributed by atoms with Crippen molar-refractivity contribution < 1.29 is 13.2 Å². The molecule has 3 rings (SSSR count). The first-order valence-electron chi connectivity index (χ1n) is 12.2. The van der Waals surface area contributed by atoms with Crippen LogP contribution in [0.15, 0.2) is 53.7 Å². The first-order valence-corrected chi connectivity index (χ1v) is 13.7. The molecule has 188 valence electrons. The highest BCUT2D eigenvalue weighted by molar-refractivity contribution is 7.89. The summed E-state index contributed by atoms with van der Waals surface area (Å²) in [7, 11) is -3.69. The number of pyridine rings is 2. The van der Waals surface area contributed by atoms with Crippen molar-refractivity contribution in [1.82, 2.24) is 24.9 Å². The normalized spacial score (nSPS) is 11.8. The predicted octanol–water partition coefficient (Wildman–Crippen LogP) is 3.84. The van der Waals surface area contributed by atoms with Gasteiger partial charge in [0.2, 0.25) is 10.0 Å². The van der Waals surface area contributed by atoms with Gasteiger partial charge in [-0.05, 0) is 68.9 Å². The van der Waals surface area contributed by atoms with Crippen LogP contribution in [0.2, 0.25) is 0 Å². The molecule has 2 heterocycles. The van der Waals surface area contributed by atoms with Gasteiger partial charge in [-0.1, -0.05) is 27.2 Å². The maximum atomic E-state index is 13.3.